The molecule has 0 saturated carbocycles. The molecule has 0 atom stereocenters. The molecule has 5 heteroatoms. The lowest BCUT2D eigenvalue weighted by atomic mass is 10.0. The maximum absolute atomic E-state index is 13.9. The molecule has 0 amide bonds. The molecular weight excluding hydrogens is 302 g/mol. The van der Waals surface area contributed by atoms with Crippen molar-refractivity contribution in [2.75, 3.05) is 0 Å². The zero-order valence-electron chi connectivity index (χ0n) is 12.8. The van der Waals surface area contributed by atoms with E-state index in [1.165, 1.54) is 11.3 Å². The third-order valence-electron chi connectivity index (χ3n) is 3.80. The van der Waals surface area contributed by atoms with Crippen LogP contribution in [0.5, 0.6) is 0 Å². The summed E-state index contributed by atoms with van der Waals surface area (Å²) in [5, 5.41) is 3.45. The first-order chi connectivity index (χ1) is 10.4. The van der Waals surface area contributed by atoms with Gasteiger partial charge in [0.15, 0.2) is 11.6 Å². The third kappa shape index (κ3) is 2.29. The van der Waals surface area contributed by atoms with Crippen LogP contribution in [0.25, 0.3) is 21.5 Å². The van der Waals surface area contributed by atoms with Crippen molar-refractivity contribution in [1.82, 2.24) is 9.97 Å². The molecule has 0 fully saturated rings. The van der Waals surface area contributed by atoms with Crippen molar-refractivity contribution in [2.45, 2.75) is 33.6 Å². The molecular formula is C17H15F2N2S. The average molecular weight is 317 g/mol. The Bertz CT molecular complexity index is 869. The topological polar surface area (TPSA) is 25.8 Å². The number of hydrogen-bond donors (Lipinski definition) is 0. The van der Waals surface area contributed by atoms with Crippen LogP contribution in [-0.4, -0.2) is 9.97 Å². The van der Waals surface area contributed by atoms with Gasteiger partial charge in [-0.1, -0.05) is 13.8 Å². The SMILES string of the molecule is Cc1c(-c2nc(C(C)C)cs2)[c]nc2cc(F)c(F)c(C)c12. The molecule has 1 aromatic carbocycles. The highest BCUT2D eigenvalue weighted by Gasteiger charge is 2.17. The Morgan fingerprint density at radius 2 is 1.91 bits per heavy atom. The number of fused-ring (bicyclic) bond motifs is 1. The molecule has 0 unspecified atom stereocenters. The van der Waals surface area contributed by atoms with E-state index < -0.39 is 11.6 Å². The highest BCUT2D eigenvalue weighted by molar-refractivity contribution is 7.13. The van der Waals surface area contributed by atoms with E-state index in [2.05, 4.69) is 30.0 Å². The summed E-state index contributed by atoms with van der Waals surface area (Å²) < 4.78 is 27.4. The van der Waals surface area contributed by atoms with Crippen LogP contribution in [0.4, 0.5) is 8.78 Å². The molecule has 2 nitrogen and oxygen atoms in total. The van der Waals surface area contributed by atoms with Crippen LogP contribution in [-0.2, 0) is 0 Å². The summed E-state index contributed by atoms with van der Waals surface area (Å²) in [5.74, 6) is -1.36. The number of pyridine rings is 1. The quantitative estimate of drug-likeness (QED) is 0.651. The second-order valence-electron chi connectivity index (χ2n) is 5.65. The van der Waals surface area contributed by atoms with Gasteiger partial charge in [-0.25, -0.2) is 18.7 Å². The van der Waals surface area contributed by atoms with E-state index in [1.807, 2.05) is 12.3 Å². The first kappa shape index (κ1) is 15.0. The van der Waals surface area contributed by atoms with Gasteiger partial charge in [-0.15, -0.1) is 11.3 Å². The predicted molar refractivity (Wildman–Crippen MR) is 85.2 cm³/mol. The Hall–Kier alpha value is -1.88. The minimum absolute atomic E-state index is 0.274. The molecule has 0 aliphatic heterocycles. The van der Waals surface area contributed by atoms with Crippen LogP contribution in [0.2, 0.25) is 0 Å². The van der Waals surface area contributed by atoms with Crippen molar-refractivity contribution in [3.05, 3.63) is 46.1 Å². The maximum Gasteiger partial charge on any atom is 0.162 e. The van der Waals surface area contributed by atoms with Crippen molar-refractivity contribution in [3.63, 3.8) is 0 Å². The van der Waals surface area contributed by atoms with E-state index >= 15 is 0 Å². The van der Waals surface area contributed by atoms with Crippen molar-refractivity contribution in [3.8, 4) is 10.6 Å². The molecule has 2 heterocycles. The molecule has 0 spiro atoms. The van der Waals surface area contributed by atoms with Gasteiger partial charge in [-0.3, -0.25) is 0 Å². The van der Waals surface area contributed by atoms with Crippen molar-refractivity contribution < 1.29 is 8.78 Å². The summed E-state index contributed by atoms with van der Waals surface area (Å²) in [6.45, 7) is 7.60. The van der Waals surface area contributed by atoms with Gasteiger partial charge >= 0.3 is 0 Å². The van der Waals surface area contributed by atoms with Crippen molar-refractivity contribution in [2.24, 2.45) is 0 Å². The Balaban J connectivity index is 2.25. The third-order valence-corrected chi connectivity index (χ3v) is 4.68. The van der Waals surface area contributed by atoms with E-state index in [-0.39, 0.29) is 5.56 Å². The molecule has 3 aromatic rings. The molecule has 0 bridgehead atoms. The van der Waals surface area contributed by atoms with Gasteiger partial charge in [0, 0.05) is 22.4 Å². The molecule has 0 aliphatic rings. The largest absolute Gasteiger partial charge is 0.245 e. The monoisotopic (exact) mass is 317 g/mol. The van der Waals surface area contributed by atoms with Gasteiger partial charge in [0.1, 0.15) is 11.2 Å². The fourth-order valence-corrected chi connectivity index (χ4v) is 3.53. The van der Waals surface area contributed by atoms with Gasteiger partial charge < -0.3 is 0 Å². The van der Waals surface area contributed by atoms with Crippen LogP contribution in [0.3, 0.4) is 0 Å². The van der Waals surface area contributed by atoms with Crippen LogP contribution in [0.15, 0.2) is 11.4 Å². The highest BCUT2D eigenvalue weighted by Crippen LogP contribution is 2.34. The number of benzene rings is 1. The Labute approximate surface area is 131 Å². The summed E-state index contributed by atoms with van der Waals surface area (Å²) in [5.41, 5.74) is 3.27. The van der Waals surface area contributed by atoms with Crippen LogP contribution < -0.4 is 0 Å². The highest BCUT2D eigenvalue weighted by atomic mass is 32.1. The number of halogens is 2. The summed E-state index contributed by atoms with van der Waals surface area (Å²) in [6, 6.07) is 1.12. The fraction of sp³-hybridized carbons (Fsp3) is 0.294. The summed E-state index contributed by atoms with van der Waals surface area (Å²) in [7, 11) is 0. The Morgan fingerprint density at radius 1 is 1.18 bits per heavy atom. The second-order valence-corrected chi connectivity index (χ2v) is 6.51. The van der Waals surface area contributed by atoms with Gasteiger partial charge in [0.05, 0.1) is 11.2 Å². The lowest BCUT2D eigenvalue weighted by molar-refractivity contribution is 0.505. The van der Waals surface area contributed by atoms with Crippen LogP contribution in [0, 0.1) is 31.7 Å². The molecule has 0 aliphatic carbocycles. The summed E-state index contributed by atoms with van der Waals surface area (Å²) in [6.07, 6.45) is 2.93. The number of thiazole rings is 1. The zero-order chi connectivity index (χ0) is 16.0. The van der Waals surface area contributed by atoms with Gasteiger partial charge in [0.25, 0.3) is 0 Å². The lowest BCUT2D eigenvalue weighted by Gasteiger charge is -2.10. The van der Waals surface area contributed by atoms with Gasteiger partial charge in [0.2, 0.25) is 0 Å². The van der Waals surface area contributed by atoms with E-state index in [4.69, 9.17) is 0 Å². The number of nitrogens with zero attached hydrogens (tertiary/aromatic N) is 2. The van der Waals surface area contributed by atoms with Crippen molar-refractivity contribution >= 4 is 22.2 Å². The predicted octanol–water partition coefficient (Wildman–Crippen LogP) is 5.18. The average Bonchev–Trinajstić information content (AvgIpc) is 2.94. The van der Waals surface area contributed by atoms with E-state index in [0.717, 1.165) is 27.9 Å². The number of aryl methyl sites for hydroxylation is 2. The first-order valence-corrected chi connectivity index (χ1v) is 7.90. The van der Waals surface area contributed by atoms with Crippen LogP contribution in [0.1, 0.15) is 36.6 Å². The number of rotatable bonds is 2. The first-order valence-electron chi connectivity index (χ1n) is 7.02. The minimum atomic E-state index is -0.880. The van der Waals surface area contributed by atoms with E-state index in [9.17, 15) is 8.78 Å². The normalized spacial score (nSPS) is 11.6. The summed E-state index contributed by atoms with van der Waals surface area (Å²) in [4.78, 5) is 8.77. The number of aromatic nitrogens is 2. The molecule has 3 rings (SSSR count). The Morgan fingerprint density at radius 3 is 2.55 bits per heavy atom. The summed E-state index contributed by atoms with van der Waals surface area (Å²) >= 11 is 1.52. The fourth-order valence-electron chi connectivity index (χ4n) is 2.50. The molecule has 0 saturated heterocycles. The minimum Gasteiger partial charge on any atom is -0.245 e. The van der Waals surface area contributed by atoms with Gasteiger partial charge in [-0.2, -0.15) is 0 Å². The molecule has 113 valence electrons. The smallest absolute Gasteiger partial charge is 0.162 e. The van der Waals surface area contributed by atoms with E-state index in [0.29, 0.717) is 16.8 Å². The second kappa shape index (κ2) is 5.39. The van der Waals surface area contributed by atoms with E-state index in [1.54, 1.807) is 6.92 Å². The maximum atomic E-state index is 13.9. The molecule has 1 radical (unpaired) electrons. The van der Waals surface area contributed by atoms with Gasteiger partial charge in [-0.05, 0) is 30.9 Å². The zero-order valence-corrected chi connectivity index (χ0v) is 13.6. The lowest BCUT2D eigenvalue weighted by Crippen LogP contribution is -1.97. The molecule has 22 heavy (non-hydrogen) atoms. The standard InChI is InChI=1S/C17H15F2N2S/c1-8(2)14-7-22-17(21-14)11-6-20-13-5-12(18)16(19)10(4)15(13)9(11)3/h5,7-8H,1-4H3. The van der Waals surface area contributed by atoms with Crippen LogP contribution >= 0.6 is 11.3 Å². The molecule has 2 aromatic heterocycles. The molecule has 0 N–H and O–H groups in total. The Kier molecular flexibility index (Phi) is 3.68. The van der Waals surface area contributed by atoms with Crippen molar-refractivity contribution in [1.29, 1.82) is 0 Å². The number of hydrogen-bond acceptors (Lipinski definition) is 3.